The van der Waals surface area contributed by atoms with Crippen LogP contribution in [0.3, 0.4) is 0 Å². The molecule has 0 aliphatic heterocycles. The van der Waals surface area contributed by atoms with E-state index in [9.17, 15) is 19.0 Å². The molecule has 2 unspecified atom stereocenters. The van der Waals surface area contributed by atoms with E-state index >= 15 is 0 Å². The number of carbonyl (C=O) groups excluding carboxylic acids is 2. The van der Waals surface area contributed by atoms with E-state index in [2.05, 4.69) is 38.2 Å². The van der Waals surface area contributed by atoms with Crippen LogP contribution in [0.5, 0.6) is 0 Å². The predicted octanol–water partition coefficient (Wildman–Crippen LogP) is 11.7. The van der Waals surface area contributed by atoms with Gasteiger partial charge in [-0.2, -0.15) is 0 Å². The van der Waals surface area contributed by atoms with Gasteiger partial charge >= 0.3 is 11.9 Å². The molecule has 0 radical (unpaired) electrons. The fraction of sp³-hybridized carbons (Fsp3) is 0.864. The van der Waals surface area contributed by atoms with E-state index in [1.807, 2.05) is 21.1 Å². The van der Waals surface area contributed by atoms with E-state index < -0.39 is 26.5 Å². The Hall–Kier alpha value is -1.51. The van der Waals surface area contributed by atoms with E-state index in [4.69, 9.17) is 18.5 Å². The first-order valence-electron chi connectivity index (χ1n) is 22.0. The zero-order valence-corrected chi connectivity index (χ0v) is 36.6. The minimum Gasteiger partial charge on any atom is -0.756 e. The fourth-order valence-corrected chi connectivity index (χ4v) is 6.71. The number of nitrogens with zero attached hydrogens (tertiary/aromatic N) is 1. The largest absolute Gasteiger partial charge is 0.756 e. The number of phosphoric acid groups is 1. The SMILES string of the molecule is CCCCC/C=C/C/C=C/CCCCCCCCCC(=O)OC(COC(=O)CCCCCCCCCCCCCCC)COP(=O)([O-])OCC[N+](C)(C)C. The van der Waals surface area contributed by atoms with E-state index in [1.54, 1.807) is 0 Å². The van der Waals surface area contributed by atoms with Crippen LogP contribution in [0.2, 0.25) is 0 Å². The van der Waals surface area contributed by atoms with E-state index in [1.165, 1.54) is 109 Å². The van der Waals surface area contributed by atoms with Crippen molar-refractivity contribution in [3.05, 3.63) is 24.3 Å². The molecule has 0 saturated heterocycles. The van der Waals surface area contributed by atoms with Gasteiger partial charge in [-0.1, -0.05) is 160 Å². The number of likely N-dealkylation sites (N-methyl/N-ethyl adjacent to an activating group) is 1. The maximum Gasteiger partial charge on any atom is 0.306 e. The van der Waals surface area contributed by atoms with Crippen molar-refractivity contribution in [3.8, 4) is 0 Å². The lowest BCUT2D eigenvalue weighted by molar-refractivity contribution is -0.870. The standard InChI is InChI=1S/C44H84NO8P/c1-6-8-10-12-14-16-18-20-21-22-23-25-27-29-31-33-35-37-44(47)53-42(41-52-54(48,49)51-39-38-45(3,4)5)40-50-43(46)36-34-32-30-28-26-24-19-17-15-13-11-9-7-2/h14,16,20-21,42H,6-13,15,17-19,22-41H2,1-5H3/b16-14+,21-20+. The highest BCUT2D eigenvalue weighted by molar-refractivity contribution is 7.45. The van der Waals surface area contributed by atoms with Crippen LogP contribution < -0.4 is 4.89 Å². The van der Waals surface area contributed by atoms with Crippen molar-refractivity contribution in [1.29, 1.82) is 0 Å². The summed E-state index contributed by atoms with van der Waals surface area (Å²) >= 11 is 0. The van der Waals surface area contributed by atoms with Crippen LogP contribution in [0.1, 0.15) is 194 Å². The zero-order chi connectivity index (χ0) is 40.0. The molecule has 0 aromatic carbocycles. The third-order valence-corrected chi connectivity index (χ3v) is 10.4. The van der Waals surface area contributed by atoms with Gasteiger partial charge in [-0.15, -0.1) is 0 Å². The van der Waals surface area contributed by atoms with Crippen molar-refractivity contribution in [2.24, 2.45) is 0 Å². The zero-order valence-electron chi connectivity index (χ0n) is 35.7. The second kappa shape index (κ2) is 37.1. The van der Waals surface area contributed by atoms with Crippen LogP contribution in [-0.4, -0.2) is 70.0 Å². The van der Waals surface area contributed by atoms with Crippen LogP contribution in [-0.2, 0) is 32.7 Å². The third-order valence-electron chi connectivity index (χ3n) is 9.47. The summed E-state index contributed by atoms with van der Waals surface area (Å²) in [7, 11) is 1.16. The second-order valence-corrected chi connectivity index (χ2v) is 17.5. The van der Waals surface area contributed by atoms with Gasteiger partial charge in [0.25, 0.3) is 7.82 Å². The summed E-state index contributed by atoms with van der Waals surface area (Å²) in [5.41, 5.74) is 0. The third kappa shape index (κ3) is 40.2. The van der Waals surface area contributed by atoms with Crippen molar-refractivity contribution in [1.82, 2.24) is 0 Å². The monoisotopic (exact) mass is 786 g/mol. The first kappa shape index (κ1) is 52.5. The summed E-state index contributed by atoms with van der Waals surface area (Å²) in [6.07, 6.45) is 39.1. The molecule has 0 amide bonds. The van der Waals surface area contributed by atoms with E-state index in [0.717, 1.165) is 51.4 Å². The van der Waals surface area contributed by atoms with Crippen LogP contribution >= 0.6 is 7.82 Å². The summed E-state index contributed by atoms with van der Waals surface area (Å²) < 4.78 is 33.9. The quantitative estimate of drug-likeness (QED) is 0.0198. The average Bonchev–Trinajstić information content (AvgIpc) is 3.12. The minimum atomic E-state index is -4.62. The smallest absolute Gasteiger partial charge is 0.306 e. The number of allylic oxidation sites excluding steroid dienone is 4. The number of esters is 2. The second-order valence-electron chi connectivity index (χ2n) is 16.1. The maximum absolute atomic E-state index is 12.7. The summed E-state index contributed by atoms with van der Waals surface area (Å²) in [6.45, 7) is 4.20. The topological polar surface area (TPSA) is 111 Å². The van der Waals surface area contributed by atoms with Crippen LogP contribution in [0.4, 0.5) is 0 Å². The molecule has 0 aliphatic rings. The molecule has 0 N–H and O–H groups in total. The summed E-state index contributed by atoms with van der Waals surface area (Å²) in [5, 5.41) is 0. The summed E-state index contributed by atoms with van der Waals surface area (Å²) in [5.74, 6) is -0.838. The molecule has 318 valence electrons. The van der Waals surface area contributed by atoms with Crippen molar-refractivity contribution < 1.29 is 42.1 Å². The van der Waals surface area contributed by atoms with Gasteiger partial charge in [0.15, 0.2) is 6.10 Å². The lowest BCUT2D eigenvalue weighted by Crippen LogP contribution is -2.37. The minimum absolute atomic E-state index is 0.0307. The fourth-order valence-electron chi connectivity index (χ4n) is 5.98. The van der Waals surface area contributed by atoms with Crippen molar-refractivity contribution >= 4 is 19.8 Å². The number of hydrogen-bond donors (Lipinski definition) is 0. The van der Waals surface area contributed by atoms with Gasteiger partial charge in [-0.05, 0) is 44.9 Å². The van der Waals surface area contributed by atoms with Crippen LogP contribution in [0, 0.1) is 0 Å². The Morgan fingerprint density at radius 2 is 1.00 bits per heavy atom. The van der Waals surface area contributed by atoms with Crippen LogP contribution in [0.15, 0.2) is 24.3 Å². The van der Waals surface area contributed by atoms with Crippen molar-refractivity contribution in [2.75, 3.05) is 47.5 Å². The molecule has 0 aliphatic carbocycles. The molecule has 0 bridgehead atoms. The van der Waals surface area contributed by atoms with Gasteiger partial charge in [0.2, 0.25) is 0 Å². The Kier molecular flexibility index (Phi) is 36.1. The Labute approximate surface area is 332 Å². The van der Waals surface area contributed by atoms with E-state index in [0.29, 0.717) is 17.4 Å². The molecular formula is C44H84NO8P. The molecule has 0 spiro atoms. The molecule has 0 aromatic heterocycles. The van der Waals surface area contributed by atoms with E-state index in [-0.39, 0.29) is 32.0 Å². The number of phosphoric ester groups is 1. The van der Waals surface area contributed by atoms with Gasteiger partial charge in [0, 0.05) is 12.8 Å². The highest BCUT2D eigenvalue weighted by Crippen LogP contribution is 2.38. The number of quaternary nitrogens is 1. The van der Waals surface area contributed by atoms with Gasteiger partial charge in [0.1, 0.15) is 19.8 Å². The lowest BCUT2D eigenvalue weighted by atomic mass is 10.0. The molecule has 9 nitrogen and oxygen atoms in total. The summed E-state index contributed by atoms with van der Waals surface area (Å²) in [4.78, 5) is 37.5. The number of hydrogen-bond acceptors (Lipinski definition) is 8. The predicted molar refractivity (Wildman–Crippen MR) is 222 cm³/mol. The average molecular weight is 786 g/mol. The van der Waals surface area contributed by atoms with Crippen LogP contribution in [0.25, 0.3) is 0 Å². The Balaban J connectivity index is 4.36. The van der Waals surface area contributed by atoms with Gasteiger partial charge in [-0.25, -0.2) is 0 Å². The Morgan fingerprint density at radius 1 is 0.574 bits per heavy atom. The van der Waals surface area contributed by atoms with Gasteiger partial charge in [0.05, 0.1) is 27.7 Å². The first-order valence-corrected chi connectivity index (χ1v) is 23.5. The number of rotatable bonds is 40. The Morgan fingerprint density at radius 3 is 1.50 bits per heavy atom. The maximum atomic E-state index is 12.7. The number of carbonyl (C=O) groups is 2. The van der Waals surface area contributed by atoms with Crippen molar-refractivity contribution in [2.45, 2.75) is 200 Å². The molecule has 10 heteroatoms. The molecular weight excluding hydrogens is 701 g/mol. The van der Waals surface area contributed by atoms with Gasteiger partial charge < -0.3 is 27.9 Å². The first-order chi connectivity index (χ1) is 26.0. The molecule has 2 atom stereocenters. The molecule has 0 fully saturated rings. The number of unbranched alkanes of at least 4 members (excludes halogenated alkanes) is 22. The normalized spacial score (nSPS) is 13.8. The Bertz CT molecular complexity index is 980. The van der Waals surface area contributed by atoms with Gasteiger partial charge in [-0.3, -0.25) is 14.2 Å². The highest BCUT2D eigenvalue weighted by Gasteiger charge is 2.21. The summed E-state index contributed by atoms with van der Waals surface area (Å²) in [6, 6.07) is 0. The molecule has 0 saturated carbocycles. The van der Waals surface area contributed by atoms with Crippen molar-refractivity contribution in [3.63, 3.8) is 0 Å². The number of ether oxygens (including phenoxy) is 2. The molecule has 54 heavy (non-hydrogen) atoms. The lowest BCUT2D eigenvalue weighted by Gasteiger charge is -2.28. The molecule has 0 rings (SSSR count). The molecule has 0 heterocycles. The highest BCUT2D eigenvalue weighted by atomic mass is 31.2. The molecule has 0 aromatic rings.